The van der Waals surface area contributed by atoms with Gasteiger partial charge in [0.15, 0.2) is 0 Å². The zero-order valence-corrected chi connectivity index (χ0v) is 20.5. The number of para-hydroxylation sites is 1. The summed E-state index contributed by atoms with van der Waals surface area (Å²) < 4.78 is 9.89. The lowest BCUT2D eigenvalue weighted by atomic mass is 10.0. The smallest absolute Gasteiger partial charge is 0.136 e. The summed E-state index contributed by atoms with van der Waals surface area (Å²) in [5, 5.41) is 8.32. The minimum atomic E-state index is 0.927. The third-order valence-corrected chi connectivity index (χ3v) is 8.22. The zero-order valence-electron chi connectivity index (χ0n) is 19.7. The van der Waals surface area contributed by atoms with Gasteiger partial charge in [0.25, 0.3) is 0 Å². The second-order valence-corrected chi connectivity index (χ2v) is 10.5. The fourth-order valence-electron chi connectivity index (χ4n) is 5.59. The van der Waals surface area contributed by atoms with Crippen LogP contribution in [0, 0.1) is 6.92 Å². The third kappa shape index (κ3) is 2.84. The molecule has 0 fully saturated rings. The van der Waals surface area contributed by atoms with E-state index in [-0.39, 0.29) is 0 Å². The Morgan fingerprint density at radius 1 is 0.611 bits per heavy atom. The molecule has 3 aromatic heterocycles. The molecule has 0 aliphatic heterocycles. The molecule has 8 aromatic rings. The number of fused-ring (bicyclic) bond motifs is 7. The van der Waals surface area contributed by atoms with E-state index in [4.69, 9.17) is 4.42 Å². The lowest BCUT2D eigenvalue weighted by Gasteiger charge is -2.09. The van der Waals surface area contributed by atoms with Crippen molar-refractivity contribution >= 4 is 65.2 Å². The highest BCUT2D eigenvalue weighted by Crippen LogP contribution is 2.38. The van der Waals surface area contributed by atoms with Crippen molar-refractivity contribution < 1.29 is 4.42 Å². The van der Waals surface area contributed by atoms with Crippen LogP contribution < -0.4 is 0 Å². The first kappa shape index (κ1) is 19.9. The predicted octanol–water partition coefficient (Wildman–Crippen LogP) is 9.87. The zero-order chi connectivity index (χ0) is 23.8. The maximum Gasteiger partial charge on any atom is 0.136 e. The van der Waals surface area contributed by atoms with Crippen LogP contribution in [0.15, 0.2) is 113 Å². The molecule has 3 heterocycles. The summed E-state index contributed by atoms with van der Waals surface area (Å²) in [5.74, 6) is 0. The predicted molar refractivity (Wildman–Crippen MR) is 154 cm³/mol. The van der Waals surface area contributed by atoms with Crippen molar-refractivity contribution in [2.24, 2.45) is 0 Å². The summed E-state index contributed by atoms with van der Waals surface area (Å²) >= 11 is 1.79. The molecule has 0 spiro atoms. The van der Waals surface area contributed by atoms with Gasteiger partial charge in [0.05, 0.1) is 11.0 Å². The second-order valence-electron chi connectivity index (χ2n) is 9.54. The Hall–Kier alpha value is -4.34. The fourth-order valence-corrected chi connectivity index (χ4v) is 6.36. The van der Waals surface area contributed by atoms with E-state index in [9.17, 15) is 0 Å². The molecule has 0 radical (unpaired) electrons. The Balaban J connectivity index is 1.37. The summed E-state index contributed by atoms with van der Waals surface area (Å²) in [6.45, 7) is 2.17. The topological polar surface area (TPSA) is 18.1 Å². The van der Waals surface area contributed by atoms with Gasteiger partial charge in [0.2, 0.25) is 0 Å². The lowest BCUT2D eigenvalue weighted by molar-refractivity contribution is 0.669. The van der Waals surface area contributed by atoms with E-state index in [1.54, 1.807) is 11.3 Å². The Bertz CT molecular complexity index is 2120. The molecule has 5 aromatic carbocycles. The van der Waals surface area contributed by atoms with Crippen molar-refractivity contribution in [2.75, 3.05) is 0 Å². The van der Waals surface area contributed by atoms with Crippen LogP contribution in [0.4, 0.5) is 0 Å². The van der Waals surface area contributed by atoms with Gasteiger partial charge < -0.3 is 8.98 Å². The molecule has 0 aliphatic carbocycles. The van der Waals surface area contributed by atoms with Gasteiger partial charge in [-0.15, -0.1) is 11.3 Å². The largest absolute Gasteiger partial charge is 0.456 e. The fraction of sp³-hybridized carbons (Fsp3) is 0.0303. The van der Waals surface area contributed by atoms with Crippen LogP contribution in [0.2, 0.25) is 0 Å². The van der Waals surface area contributed by atoms with Gasteiger partial charge in [-0.1, -0.05) is 42.0 Å². The Labute approximate surface area is 211 Å². The maximum absolute atomic E-state index is 6.18. The van der Waals surface area contributed by atoms with E-state index < -0.39 is 0 Å². The molecule has 0 atom stereocenters. The van der Waals surface area contributed by atoms with E-state index in [1.165, 1.54) is 48.7 Å². The molecular formula is C33H21NOS. The molecule has 170 valence electrons. The highest BCUT2D eigenvalue weighted by molar-refractivity contribution is 7.17. The normalized spacial score (nSPS) is 12.0. The SMILES string of the molecule is Cc1ccc2c(c1)c1cc(-c3ccc4c(c3)oc3ccccc34)ccc1n2-c1ccc2sccc2c1. The quantitative estimate of drug-likeness (QED) is 0.241. The minimum absolute atomic E-state index is 0.927. The number of thiophene rings is 1. The van der Waals surface area contributed by atoms with Gasteiger partial charge in [0, 0.05) is 31.9 Å². The first-order valence-corrected chi connectivity index (χ1v) is 13.1. The van der Waals surface area contributed by atoms with Crippen LogP contribution in [0.5, 0.6) is 0 Å². The molecule has 0 bridgehead atoms. The number of aromatic nitrogens is 1. The number of benzene rings is 5. The van der Waals surface area contributed by atoms with Gasteiger partial charge in [0.1, 0.15) is 11.2 Å². The van der Waals surface area contributed by atoms with Crippen molar-refractivity contribution in [1.29, 1.82) is 0 Å². The average molecular weight is 480 g/mol. The number of hydrogen-bond donors (Lipinski definition) is 0. The van der Waals surface area contributed by atoms with Crippen LogP contribution in [-0.2, 0) is 0 Å². The van der Waals surface area contributed by atoms with Gasteiger partial charge in [-0.2, -0.15) is 0 Å². The highest BCUT2D eigenvalue weighted by Gasteiger charge is 2.15. The van der Waals surface area contributed by atoms with Crippen LogP contribution in [0.25, 0.3) is 70.6 Å². The molecule has 0 N–H and O–H groups in total. The van der Waals surface area contributed by atoms with E-state index in [2.05, 4.69) is 108 Å². The molecule has 3 heteroatoms. The molecule has 2 nitrogen and oxygen atoms in total. The van der Waals surface area contributed by atoms with Gasteiger partial charge >= 0.3 is 0 Å². The molecule has 0 saturated heterocycles. The van der Waals surface area contributed by atoms with E-state index in [0.717, 1.165) is 27.5 Å². The summed E-state index contributed by atoms with van der Waals surface area (Å²) in [7, 11) is 0. The first-order valence-electron chi connectivity index (χ1n) is 12.2. The lowest BCUT2D eigenvalue weighted by Crippen LogP contribution is -1.93. The van der Waals surface area contributed by atoms with Gasteiger partial charge in [-0.3, -0.25) is 0 Å². The van der Waals surface area contributed by atoms with Crippen molar-refractivity contribution in [3.63, 3.8) is 0 Å². The van der Waals surface area contributed by atoms with E-state index >= 15 is 0 Å². The third-order valence-electron chi connectivity index (χ3n) is 7.33. The summed E-state index contributed by atoms with van der Waals surface area (Å²) in [6, 6.07) is 37.4. The van der Waals surface area contributed by atoms with E-state index in [0.29, 0.717) is 0 Å². The Morgan fingerprint density at radius 2 is 1.39 bits per heavy atom. The van der Waals surface area contributed by atoms with Crippen molar-refractivity contribution in [2.45, 2.75) is 6.92 Å². The standard InChI is InChI=1S/C33H21NOS/c1-20-6-11-29-27(16-20)28-18-21(22-7-10-26-25-4-2-3-5-31(25)35-32(26)19-22)8-12-30(28)34(29)24-9-13-33-23(17-24)14-15-36-33/h2-19H,1H3. The monoisotopic (exact) mass is 479 g/mol. The van der Waals surface area contributed by atoms with E-state index in [1.807, 2.05) is 12.1 Å². The molecule has 8 rings (SSSR count). The van der Waals surface area contributed by atoms with Gasteiger partial charge in [-0.05, 0) is 95.5 Å². The van der Waals surface area contributed by atoms with Crippen LogP contribution in [0.1, 0.15) is 5.56 Å². The number of rotatable bonds is 2. The summed E-state index contributed by atoms with van der Waals surface area (Å²) in [6.07, 6.45) is 0. The second kappa shape index (κ2) is 7.33. The van der Waals surface area contributed by atoms with Crippen LogP contribution in [-0.4, -0.2) is 4.57 Å². The molecule has 36 heavy (non-hydrogen) atoms. The van der Waals surface area contributed by atoms with Crippen molar-refractivity contribution in [3.8, 4) is 16.8 Å². The number of hydrogen-bond acceptors (Lipinski definition) is 2. The first-order chi connectivity index (χ1) is 17.7. The molecule has 0 saturated carbocycles. The molecular weight excluding hydrogens is 458 g/mol. The number of nitrogens with zero attached hydrogens (tertiary/aromatic N) is 1. The van der Waals surface area contributed by atoms with Gasteiger partial charge in [-0.25, -0.2) is 0 Å². The van der Waals surface area contributed by atoms with Crippen molar-refractivity contribution in [3.05, 3.63) is 114 Å². The van der Waals surface area contributed by atoms with Crippen LogP contribution in [0.3, 0.4) is 0 Å². The summed E-state index contributed by atoms with van der Waals surface area (Å²) in [4.78, 5) is 0. The highest BCUT2D eigenvalue weighted by atomic mass is 32.1. The van der Waals surface area contributed by atoms with Crippen molar-refractivity contribution in [1.82, 2.24) is 4.57 Å². The molecule has 0 unspecified atom stereocenters. The minimum Gasteiger partial charge on any atom is -0.456 e. The maximum atomic E-state index is 6.18. The number of furan rings is 1. The number of aryl methyl sites for hydroxylation is 1. The van der Waals surface area contributed by atoms with Crippen LogP contribution >= 0.6 is 11.3 Å². The molecule has 0 aliphatic rings. The summed E-state index contributed by atoms with van der Waals surface area (Å²) in [5.41, 5.74) is 9.13. The Morgan fingerprint density at radius 3 is 2.33 bits per heavy atom. The molecule has 0 amide bonds. The average Bonchev–Trinajstić information content (AvgIpc) is 3.61. The Kier molecular flexibility index (Phi) is 4.05.